The number of nitrogens with zero attached hydrogens (tertiary/aromatic N) is 4. The molecule has 0 saturated carbocycles. The highest BCUT2D eigenvalue weighted by molar-refractivity contribution is 5.91. The molecule has 1 aromatic carbocycles. The van der Waals surface area contributed by atoms with Crippen LogP contribution in [0.25, 0.3) is 11.5 Å². The first-order valence-corrected chi connectivity index (χ1v) is 7.90. The number of rotatable bonds is 7. The Labute approximate surface area is 152 Å². The zero-order valence-electron chi connectivity index (χ0n) is 14.2. The molecule has 0 atom stereocenters. The van der Waals surface area contributed by atoms with E-state index in [1.807, 2.05) is 0 Å². The monoisotopic (exact) mass is 370 g/mol. The van der Waals surface area contributed by atoms with Gasteiger partial charge in [-0.15, -0.1) is 10.2 Å². The van der Waals surface area contributed by atoms with Crippen molar-refractivity contribution in [2.45, 2.75) is 13.5 Å². The fraction of sp³-hybridized carbons (Fsp3) is 0.176. The highest BCUT2D eigenvalue weighted by Gasteiger charge is 2.17. The summed E-state index contributed by atoms with van der Waals surface area (Å²) in [6.07, 6.45) is 1.51. The first-order valence-electron chi connectivity index (χ1n) is 7.90. The number of nitro benzene ring substituents is 1. The van der Waals surface area contributed by atoms with Crippen LogP contribution < -0.4 is 4.74 Å². The second kappa shape index (κ2) is 8.04. The molecule has 27 heavy (non-hydrogen) atoms. The largest absolute Gasteiger partial charge is 0.477 e. The molecule has 10 heteroatoms. The van der Waals surface area contributed by atoms with Gasteiger partial charge in [0.2, 0.25) is 11.8 Å². The van der Waals surface area contributed by atoms with Crippen LogP contribution >= 0.6 is 0 Å². The molecule has 0 unspecified atom stereocenters. The van der Waals surface area contributed by atoms with Crippen molar-refractivity contribution in [1.82, 2.24) is 15.2 Å². The van der Waals surface area contributed by atoms with E-state index in [9.17, 15) is 14.9 Å². The van der Waals surface area contributed by atoms with Crippen molar-refractivity contribution in [2.24, 2.45) is 0 Å². The number of ether oxygens (including phenoxy) is 2. The predicted molar refractivity (Wildman–Crippen MR) is 90.9 cm³/mol. The van der Waals surface area contributed by atoms with Crippen molar-refractivity contribution in [3.8, 4) is 17.3 Å². The summed E-state index contributed by atoms with van der Waals surface area (Å²) in [6, 6.07) is 8.78. The van der Waals surface area contributed by atoms with Gasteiger partial charge in [-0.1, -0.05) is 0 Å². The third-order valence-electron chi connectivity index (χ3n) is 3.39. The Hall–Kier alpha value is -3.82. The lowest BCUT2D eigenvalue weighted by Gasteiger charge is -2.07. The molecule has 10 nitrogen and oxygen atoms in total. The zero-order valence-corrected chi connectivity index (χ0v) is 14.2. The third-order valence-corrected chi connectivity index (χ3v) is 3.39. The molecule has 138 valence electrons. The van der Waals surface area contributed by atoms with Gasteiger partial charge in [0.05, 0.1) is 11.5 Å². The number of nitro groups is 1. The lowest BCUT2D eigenvalue weighted by molar-refractivity contribution is -0.384. The predicted octanol–water partition coefficient (Wildman–Crippen LogP) is 2.80. The van der Waals surface area contributed by atoms with Crippen LogP contribution in [0.1, 0.15) is 23.2 Å². The van der Waals surface area contributed by atoms with Crippen molar-refractivity contribution in [3.05, 3.63) is 64.2 Å². The van der Waals surface area contributed by atoms with Crippen LogP contribution in [-0.2, 0) is 11.3 Å². The molecule has 2 heterocycles. The topological polar surface area (TPSA) is 130 Å². The minimum Gasteiger partial charge on any atom is -0.477 e. The van der Waals surface area contributed by atoms with Gasteiger partial charge in [-0.25, -0.2) is 9.78 Å². The highest BCUT2D eigenvalue weighted by Crippen LogP contribution is 2.22. The molecular formula is C17H14N4O6. The van der Waals surface area contributed by atoms with Gasteiger partial charge in [-0.05, 0) is 31.2 Å². The summed E-state index contributed by atoms with van der Waals surface area (Å²) in [5.41, 5.74) is 0.653. The summed E-state index contributed by atoms with van der Waals surface area (Å²) >= 11 is 0. The molecule has 0 N–H and O–H groups in total. The van der Waals surface area contributed by atoms with Gasteiger partial charge < -0.3 is 13.9 Å². The van der Waals surface area contributed by atoms with Gasteiger partial charge in [-0.3, -0.25) is 10.1 Å². The Morgan fingerprint density at radius 3 is 2.70 bits per heavy atom. The van der Waals surface area contributed by atoms with Gasteiger partial charge in [-0.2, -0.15) is 0 Å². The van der Waals surface area contributed by atoms with E-state index in [2.05, 4.69) is 15.2 Å². The Morgan fingerprint density at radius 2 is 2.00 bits per heavy atom. The molecule has 3 aromatic rings. The molecule has 0 saturated heterocycles. The van der Waals surface area contributed by atoms with Crippen molar-refractivity contribution in [1.29, 1.82) is 0 Å². The molecule has 0 fully saturated rings. The van der Waals surface area contributed by atoms with Crippen molar-refractivity contribution < 1.29 is 23.6 Å². The number of aromatic nitrogens is 3. The number of carbonyl (C=O) groups is 1. The maximum atomic E-state index is 12.2. The van der Waals surface area contributed by atoms with Crippen LogP contribution in [0.2, 0.25) is 0 Å². The molecule has 0 aliphatic rings. The number of hydrogen-bond donors (Lipinski definition) is 0. The number of non-ortho nitro benzene ring substituents is 1. The van der Waals surface area contributed by atoms with E-state index in [1.54, 1.807) is 13.0 Å². The Kier molecular flexibility index (Phi) is 5.36. The van der Waals surface area contributed by atoms with Gasteiger partial charge in [0, 0.05) is 23.9 Å². The van der Waals surface area contributed by atoms with Crippen LogP contribution in [0.15, 0.2) is 47.0 Å². The average molecular weight is 370 g/mol. The Morgan fingerprint density at radius 1 is 1.22 bits per heavy atom. The molecule has 2 aromatic heterocycles. The molecule has 0 spiro atoms. The maximum Gasteiger partial charge on any atom is 0.344 e. The fourth-order valence-corrected chi connectivity index (χ4v) is 2.16. The van der Waals surface area contributed by atoms with Crippen LogP contribution in [-0.4, -0.2) is 32.7 Å². The van der Waals surface area contributed by atoms with Crippen LogP contribution in [0.4, 0.5) is 5.69 Å². The second-order valence-corrected chi connectivity index (χ2v) is 5.17. The summed E-state index contributed by atoms with van der Waals surface area (Å²) in [5.74, 6) is -0.213. The number of hydrogen-bond acceptors (Lipinski definition) is 9. The molecule has 0 amide bonds. The van der Waals surface area contributed by atoms with E-state index < -0.39 is 10.9 Å². The van der Waals surface area contributed by atoms with Crippen LogP contribution in [0.3, 0.4) is 0 Å². The highest BCUT2D eigenvalue weighted by atomic mass is 16.6. The van der Waals surface area contributed by atoms with Crippen molar-refractivity contribution >= 4 is 11.7 Å². The standard InChI is InChI=1S/C17H14N4O6/c1-2-25-16-13(4-3-9-18-16)17(22)26-10-14-19-20-15(27-14)11-5-7-12(8-6-11)21(23)24/h3-9H,2,10H2,1H3. The normalized spacial score (nSPS) is 10.4. The summed E-state index contributed by atoms with van der Waals surface area (Å²) < 4.78 is 15.9. The van der Waals surface area contributed by atoms with Crippen LogP contribution in [0, 0.1) is 10.1 Å². The lowest BCUT2D eigenvalue weighted by atomic mass is 10.2. The molecule has 0 aliphatic carbocycles. The molecule has 0 aliphatic heterocycles. The van der Waals surface area contributed by atoms with E-state index in [1.165, 1.54) is 36.5 Å². The number of esters is 1. The molecule has 3 rings (SSSR count). The van der Waals surface area contributed by atoms with Crippen molar-refractivity contribution in [3.63, 3.8) is 0 Å². The number of pyridine rings is 1. The Bertz CT molecular complexity index is 954. The summed E-state index contributed by atoms with van der Waals surface area (Å²) in [6.45, 7) is 1.90. The van der Waals surface area contributed by atoms with E-state index in [0.717, 1.165) is 0 Å². The van der Waals surface area contributed by atoms with Gasteiger partial charge in [0.15, 0.2) is 6.61 Å². The quantitative estimate of drug-likeness (QED) is 0.350. The molecule has 0 bridgehead atoms. The van der Waals surface area contributed by atoms with Gasteiger partial charge in [0.1, 0.15) is 5.56 Å². The lowest BCUT2D eigenvalue weighted by Crippen LogP contribution is -2.09. The average Bonchev–Trinajstić information content (AvgIpc) is 3.16. The summed E-state index contributed by atoms with van der Waals surface area (Å²) in [4.78, 5) is 26.4. The minimum atomic E-state index is -0.637. The SMILES string of the molecule is CCOc1ncccc1C(=O)OCc1nnc(-c2ccc([N+](=O)[O-])cc2)o1. The number of benzene rings is 1. The Balaban J connectivity index is 1.66. The summed E-state index contributed by atoms with van der Waals surface area (Å²) in [5, 5.41) is 18.3. The second-order valence-electron chi connectivity index (χ2n) is 5.17. The molecule has 0 radical (unpaired) electrons. The zero-order chi connectivity index (χ0) is 19.2. The molecular weight excluding hydrogens is 356 g/mol. The first kappa shape index (κ1) is 18.0. The van der Waals surface area contributed by atoms with Gasteiger partial charge >= 0.3 is 5.97 Å². The third kappa shape index (κ3) is 4.24. The minimum absolute atomic E-state index is 0.0472. The summed E-state index contributed by atoms with van der Waals surface area (Å²) in [7, 11) is 0. The number of carbonyl (C=O) groups excluding carboxylic acids is 1. The van der Waals surface area contributed by atoms with E-state index in [0.29, 0.717) is 12.2 Å². The van der Waals surface area contributed by atoms with Crippen LogP contribution in [0.5, 0.6) is 5.88 Å². The van der Waals surface area contributed by atoms with Crippen molar-refractivity contribution in [2.75, 3.05) is 6.61 Å². The van der Waals surface area contributed by atoms with Gasteiger partial charge in [0.25, 0.3) is 11.6 Å². The first-order chi connectivity index (χ1) is 13.1. The van der Waals surface area contributed by atoms with E-state index in [4.69, 9.17) is 13.9 Å². The van der Waals surface area contributed by atoms with E-state index >= 15 is 0 Å². The fourth-order valence-electron chi connectivity index (χ4n) is 2.16. The smallest absolute Gasteiger partial charge is 0.344 e. The van der Waals surface area contributed by atoms with E-state index in [-0.39, 0.29) is 35.5 Å². The maximum absolute atomic E-state index is 12.2.